The van der Waals surface area contributed by atoms with Gasteiger partial charge in [0, 0.05) is 18.8 Å². The van der Waals surface area contributed by atoms with E-state index in [-0.39, 0.29) is 0 Å². The highest BCUT2D eigenvalue weighted by Crippen LogP contribution is 2.17. The normalized spacial score (nSPS) is 13.4. The molecule has 0 saturated carbocycles. The summed E-state index contributed by atoms with van der Waals surface area (Å²) in [5.41, 5.74) is 3.87. The number of aromatic nitrogens is 2. The number of likely N-dealkylation sites (N-methyl/N-ethyl adjacent to an activating group) is 1. The van der Waals surface area contributed by atoms with Gasteiger partial charge in [0.2, 0.25) is 0 Å². The van der Waals surface area contributed by atoms with E-state index in [1.165, 1.54) is 23.4 Å². The Hall–Kier alpha value is -0.830. The summed E-state index contributed by atoms with van der Waals surface area (Å²) < 4.78 is 1.98. The van der Waals surface area contributed by atoms with Gasteiger partial charge in [-0.2, -0.15) is 5.10 Å². The molecule has 0 amide bonds. The monoisotopic (exact) mass is 223 g/mol. The van der Waals surface area contributed by atoms with Gasteiger partial charge in [-0.1, -0.05) is 13.8 Å². The minimum Gasteiger partial charge on any atom is -0.317 e. The quantitative estimate of drug-likeness (QED) is 0.829. The van der Waals surface area contributed by atoms with Crippen LogP contribution in [0.2, 0.25) is 0 Å². The predicted octanol–water partition coefficient (Wildman–Crippen LogP) is 2.21. The number of rotatable bonds is 5. The summed E-state index contributed by atoms with van der Waals surface area (Å²) in [6, 6.07) is 0.557. The lowest BCUT2D eigenvalue weighted by molar-refractivity contribution is 0.440. The molecule has 1 rings (SSSR count). The van der Waals surface area contributed by atoms with Crippen LogP contribution in [0.5, 0.6) is 0 Å². The fourth-order valence-corrected chi connectivity index (χ4v) is 2.23. The van der Waals surface area contributed by atoms with Crippen LogP contribution in [0.3, 0.4) is 0 Å². The summed E-state index contributed by atoms with van der Waals surface area (Å²) in [4.78, 5) is 0. The molecule has 3 heteroatoms. The third-order valence-electron chi connectivity index (χ3n) is 3.27. The third-order valence-corrected chi connectivity index (χ3v) is 3.27. The first kappa shape index (κ1) is 13.2. The zero-order chi connectivity index (χ0) is 12.3. The number of nitrogens with zero attached hydrogens (tertiary/aromatic N) is 2. The maximum Gasteiger partial charge on any atom is 0.0628 e. The highest BCUT2D eigenvalue weighted by Gasteiger charge is 2.15. The van der Waals surface area contributed by atoms with E-state index in [1.807, 2.05) is 18.8 Å². The lowest BCUT2D eigenvalue weighted by Crippen LogP contribution is -2.29. The summed E-state index contributed by atoms with van der Waals surface area (Å²) in [5, 5.41) is 7.87. The molecule has 1 N–H and O–H groups in total. The van der Waals surface area contributed by atoms with Crippen LogP contribution < -0.4 is 5.32 Å². The standard InChI is InChI=1S/C13H25N3/c1-9(2)7-12(14-5)8-13-10(3)15-16(6)11(13)4/h9,12,14H,7-8H2,1-6H3. The summed E-state index contributed by atoms with van der Waals surface area (Å²) in [6.07, 6.45) is 2.30. The lowest BCUT2D eigenvalue weighted by Gasteiger charge is -2.18. The minimum atomic E-state index is 0.557. The van der Waals surface area contributed by atoms with Crippen molar-refractivity contribution in [1.29, 1.82) is 0 Å². The Balaban J connectivity index is 2.77. The molecule has 1 atom stereocenters. The van der Waals surface area contributed by atoms with Crippen molar-refractivity contribution in [1.82, 2.24) is 15.1 Å². The highest BCUT2D eigenvalue weighted by atomic mass is 15.3. The molecule has 0 aliphatic rings. The zero-order valence-corrected chi connectivity index (χ0v) is 11.5. The second kappa shape index (κ2) is 5.48. The molecule has 0 fully saturated rings. The predicted molar refractivity (Wildman–Crippen MR) is 68.7 cm³/mol. The van der Waals surface area contributed by atoms with Gasteiger partial charge in [-0.05, 0) is 45.2 Å². The van der Waals surface area contributed by atoms with E-state index in [1.54, 1.807) is 0 Å². The van der Waals surface area contributed by atoms with Crippen LogP contribution in [0.1, 0.15) is 37.2 Å². The van der Waals surface area contributed by atoms with Crippen molar-refractivity contribution < 1.29 is 0 Å². The molecule has 16 heavy (non-hydrogen) atoms. The number of nitrogens with one attached hydrogen (secondary N) is 1. The molecule has 1 aromatic rings. The molecule has 3 nitrogen and oxygen atoms in total. The smallest absolute Gasteiger partial charge is 0.0628 e. The van der Waals surface area contributed by atoms with Crippen molar-refractivity contribution >= 4 is 0 Å². The van der Waals surface area contributed by atoms with Gasteiger partial charge in [-0.15, -0.1) is 0 Å². The first-order valence-electron chi connectivity index (χ1n) is 6.12. The molecule has 92 valence electrons. The van der Waals surface area contributed by atoms with Gasteiger partial charge in [0.05, 0.1) is 5.69 Å². The molecule has 1 heterocycles. The Bertz CT molecular complexity index is 339. The number of aryl methyl sites for hydroxylation is 2. The molecule has 0 aliphatic heterocycles. The first-order chi connectivity index (χ1) is 7.45. The largest absolute Gasteiger partial charge is 0.317 e. The fourth-order valence-electron chi connectivity index (χ4n) is 2.23. The summed E-state index contributed by atoms with van der Waals surface area (Å²) in [5.74, 6) is 0.731. The Morgan fingerprint density at radius 1 is 1.31 bits per heavy atom. The zero-order valence-electron chi connectivity index (χ0n) is 11.5. The third kappa shape index (κ3) is 3.08. The Morgan fingerprint density at radius 2 is 1.94 bits per heavy atom. The first-order valence-corrected chi connectivity index (χ1v) is 6.12. The molecule has 0 saturated heterocycles. The molecule has 0 aliphatic carbocycles. The molecule has 1 unspecified atom stereocenters. The molecule has 0 bridgehead atoms. The van der Waals surface area contributed by atoms with Crippen molar-refractivity contribution in [2.75, 3.05) is 7.05 Å². The topological polar surface area (TPSA) is 29.9 Å². The van der Waals surface area contributed by atoms with Gasteiger partial charge in [-0.25, -0.2) is 0 Å². The van der Waals surface area contributed by atoms with Crippen molar-refractivity contribution in [3.05, 3.63) is 17.0 Å². The van der Waals surface area contributed by atoms with E-state index in [4.69, 9.17) is 0 Å². The number of hydrogen-bond donors (Lipinski definition) is 1. The Labute approximate surface area is 99.2 Å². The highest BCUT2D eigenvalue weighted by molar-refractivity contribution is 5.25. The van der Waals surface area contributed by atoms with Gasteiger partial charge in [0.25, 0.3) is 0 Å². The molecule has 0 radical (unpaired) electrons. The summed E-state index contributed by atoms with van der Waals surface area (Å²) in [6.45, 7) is 8.79. The van der Waals surface area contributed by atoms with E-state index in [0.717, 1.165) is 12.3 Å². The maximum atomic E-state index is 4.47. The molecular weight excluding hydrogens is 198 g/mol. The summed E-state index contributed by atoms with van der Waals surface area (Å²) >= 11 is 0. The maximum absolute atomic E-state index is 4.47. The second-order valence-corrected chi connectivity index (χ2v) is 5.09. The average Bonchev–Trinajstić information content (AvgIpc) is 2.43. The van der Waals surface area contributed by atoms with Gasteiger partial charge >= 0.3 is 0 Å². The molecule has 0 spiro atoms. The van der Waals surface area contributed by atoms with Crippen LogP contribution in [-0.2, 0) is 13.5 Å². The van der Waals surface area contributed by atoms with Crippen LogP contribution in [0.15, 0.2) is 0 Å². The lowest BCUT2D eigenvalue weighted by atomic mass is 9.96. The van der Waals surface area contributed by atoms with E-state index < -0.39 is 0 Å². The van der Waals surface area contributed by atoms with E-state index in [0.29, 0.717) is 6.04 Å². The Morgan fingerprint density at radius 3 is 2.31 bits per heavy atom. The van der Waals surface area contributed by atoms with Crippen molar-refractivity contribution in [2.45, 2.75) is 46.6 Å². The van der Waals surface area contributed by atoms with Crippen LogP contribution in [0, 0.1) is 19.8 Å². The van der Waals surface area contributed by atoms with Crippen molar-refractivity contribution in [3.63, 3.8) is 0 Å². The van der Waals surface area contributed by atoms with Gasteiger partial charge < -0.3 is 5.32 Å². The van der Waals surface area contributed by atoms with E-state index in [2.05, 4.69) is 38.1 Å². The number of hydrogen-bond acceptors (Lipinski definition) is 2. The molecule has 0 aromatic carbocycles. The SMILES string of the molecule is CNC(Cc1c(C)nn(C)c1C)CC(C)C. The van der Waals surface area contributed by atoms with Crippen molar-refractivity contribution in [2.24, 2.45) is 13.0 Å². The summed E-state index contributed by atoms with van der Waals surface area (Å²) in [7, 11) is 4.07. The minimum absolute atomic E-state index is 0.557. The van der Waals surface area contributed by atoms with Gasteiger partial charge in [0.15, 0.2) is 0 Å². The Kier molecular flexibility index (Phi) is 4.54. The molecular formula is C13H25N3. The van der Waals surface area contributed by atoms with Crippen LogP contribution in [-0.4, -0.2) is 22.9 Å². The van der Waals surface area contributed by atoms with E-state index in [9.17, 15) is 0 Å². The second-order valence-electron chi connectivity index (χ2n) is 5.09. The van der Waals surface area contributed by atoms with Crippen LogP contribution >= 0.6 is 0 Å². The van der Waals surface area contributed by atoms with Crippen LogP contribution in [0.4, 0.5) is 0 Å². The van der Waals surface area contributed by atoms with Gasteiger partial charge in [-0.3, -0.25) is 4.68 Å². The van der Waals surface area contributed by atoms with E-state index >= 15 is 0 Å². The molecule has 1 aromatic heterocycles. The van der Waals surface area contributed by atoms with Gasteiger partial charge in [0.1, 0.15) is 0 Å². The fraction of sp³-hybridized carbons (Fsp3) is 0.769. The van der Waals surface area contributed by atoms with Crippen molar-refractivity contribution in [3.8, 4) is 0 Å². The van der Waals surface area contributed by atoms with Crippen LogP contribution in [0.25, 0.3) is 0 Å². The average molecular weight is 223 g/mol.